The van der Waals surface area contributed by atoms with Crippen LogP contribution in [-0.2, 0) is 4.79 Å². The van der Waals surface area contributed by atoms with Gasteiger partial charge in [0.25, 0.3) is 0 Å². The number of amides is 1. The van der Waals surface area contributed by atoms with Gasteiger partial charge < -0.3 is 15.5 Å². The van der Waals surface area contributed by atoms with Crippen LogP contribution < -0.4 is 5.32 Å². The lowest BCUT2D eigenvalue weighted by molar-refractivity contribution is -0.123. The molecular formula is C47H93NO3. The van der Waals surface area contributed by atoms with Crippen LogP contribution in [0.2, 0.25) is 0 Å². The minimum absolute atomic E-state index is 0.0589. The maximum atomic E-state index is 12.4. The fraction of sp³-hybridized carbons (Fsp3) is 0.936. The van der Waals surface area contributed by atoms with Gasteiger partial charge in [0.05, 0.1) is 18.8 Å². The predicted molar refractivity (Wildman–Crippen MR) is 226 cm³/mol. The topological polar surface area (TPSA) is 69.6 Å². The van der Waals surface area contributed by atoms with Crippen molar-refractivity contribution >= 4 is 5.91 Å². The summed E-state index contributed by atoms with van der Waals surface area (Å²) in [5.74, 6) is 0.806. The summed E-state index contributed by atoms with van der Waals surface area (Å²) in [4.78, 5) is 12.4. The van der Waals surface area contributed by atoms with Gasteiger partial charge in [0.1, 0.15) is 0 Å². The molecule has 0 aliphatic rings. The number of aliphatic hydroxyl groups is 2. The summed E-state index contributed by atoms with van der Waals surface area (Å²) in [6.45, 7) is 6.70. The second kappa shape index (κ2) is 41.9. The number of carbonyl (C=O) groups is 1. The van der Waals surface area contributed by atoms with Crippen molar-refractivity contribution in [2.45, 2.75) is 270 Å². The Bertz CT molecular complexity index is 708. The molecule has 0 unspecified atom stereocenters. The molecular weight excluding hydrogens is 627 g/mol. The Morgan fingerprint density at radius 3 is 1.20 bits per heavy atom. The van der Waals surface area contributed by atoms with Gasteiger partial charge in [0, 0.05) is 6.42 Å². The minimum atomic E-state index is -0.834. The molecule has 0 radical (unpaired) electrons. The van der Waals surface area contributed by atoms with Gasteiger partial charge in [-0.25, -0.2) is 0 Å². The Morgan fingerprint density at radius 1 is 0.510 bits per heavy atom. The quantitative estimate of drug-likeness (QED) is 0.0434. The lowest BCUT2D eigenvalue weighted by atomic mass is 10.0. The van der Waals surface area contributed by atoms with E-state index < -0.39 is 12.1 Å². The fourth-order valence-electron chi connectivity index (χ4n) is 7.36. The van der Waals surface area contributed by atoms with Crippen LogP contribution in [0.1, 0.15) is 258 Å². The highest BCUT2D eigenvalue weighted by Gasteiger charge is 2.18. The number of rotatable bonds is 42. The summed E-state index contributed by atoms with van der Waals surface area (Å²) >= 11 is 0. The molecule has 0 fully saturated rings. The van der Waals surface area contributed by atoms with Crippen molar-refractivity contribution in [1.82, 2.24) is 5.32 Å². The smallest absolute Gasteiger partial charge is 0.220 e. The van der Waals surface area contributed by atoms with Gasteiger partial charge in [0.2, 0.25) is 5.91 Å². The first kappa shape index (κ1) is 50.1. The molecule has 0 aliphatic heterocycles. The van der Waals surface area contributed by atoms with E-state index in [-0.39, 0.29) is 12.5 Å². The number of carbonyl (C=O) groups excluding carboxylic acids is 1. The molecule has 4 heteroatoms. The molecule has 0 saturated carbocycles. The lowest BCUT2D eigenvalue weighted by Gasteiger charge is -2.20. The molecule has 0 heterocycles. The van der Waals surface area contributed by atoms with Crippen molar-refractivity contribution < 1.29 is 15.0 Å². The van der Waals surface area contributed by atoms with E-state index in [1.54, 1.807) is 6.08 Å². The van der Waals surface area contributed by atoms with E-state index in [1.165, 1.54) is 205 Å². The molecule has 0 aromatic heterocycles. The van der Waals surface area contributed by atoms with E-state index >= 15 is 0 Å². The fourth-order valence-corrected chi connectivity index (χ4v) is 7.36. The average molecular weight is 720 g/mol. The van der Waals surface area contributed by atoms with Gasteiger partial charge in [-0.3, -0.25) is 4.79 Å². The molecule has 0 aromatic rings. The van der Waals surface area contributed by atoms with Crippen LogP contribution in [-0.4, -0.2) is 34.9 Å². The third kappa shape index (κ3) is 40.2. The third-order valence-corrected chi connectivity index (χ3v) is 10.9. The van der Waals surface area contributed by atoms with Crippen LogP contribution in [0, 0.1) is 5.92 Å². The number of aliphatic hydroxyl groups excluding tert-OH is 2. The van der Waals surface area contributed by atoms with Crippen molar-refractivity contribution in [3.05, 3.63) is 12.2 Å². The summed E-state index contributed by atoms with van der Waals surface area (Å²) in [5.41, 5.74) is 0. The molecule has 0 spiro atoms. The average Bonchev–Trinajstić information content (AvgIpc) is 3.12. The van der Waals surface area contributed by atoms with Crippen molar-refractivity contribution in [2.75, 3.05) is 6.61 Å². The second-order valence-corrected chi connectivity index (χ2v) is 16.7. The summed E-state index contributed by atoms with van der Waals surface area (Å²) in [7, 11) is 0. The first-order valence-electron chi connectivity index (χ1n) is 23.3. The maximum absolute atomic E-state index is 12.4. The van der Waals surface area contributed by atoms with E-state index in [0.29, 0.717) is 6.42 Å². The van der Waals surface area contributed by atoms with Crippen LogP contribution >= 0.6 is 0 Å². The molecule has 51 heavy (non-hydrogen) atoms. The normalized spacial score (nSPS) is 13.1. The highest BCUT2D eigenvalue weighted by molar-refractivity contribution is 5.76. The molecule has 0 saturated heterocycles. The third-order valence-electron chi connectivity index (χ3n) is 10.9. The second-order valence-electron chi connectivity index (χ2n) is 16.7. The van der Waals surface area contributed by atoms with E-state index in [0.717, 1.165) is 31.6 Å². The summed E-state index contributed by atoms with van der Waals surface area (Å²) < 4.78 is 0. The number of unbranched alkanes of at least 4 members (excludes halogenated alkanes) is 33. The maximum Gasteiger partial charge on any atom is 0.220 e. The molecule has 0 bridgehead atoms. The Balaban J connectivity index is 3.52. The van der Waals surface area contributed by atoms with Gasteiger partial charge >= 0.3 is 0 Å². The lowest BCUT2D eigenvalue weighted by Crippen LogP contribution is -2.45. The van der Waals surface area contributed by atoms with Crippen molar-refractivity contribution in [2.24, 2.45) is 5.92 Å². The zero-order chi connectivity index (χ0) is 37.3. The number of hydrogen-bond acceptors (Lipinski definition) is 3. The minimum Gasteiger partial charge on any atom is -0.394 e. The monoisotopic (exact) mass is 720 g/mol. The molecule has 2 atom stereocenters. The first-order chi connectivity index (χ1) is 25.0. The van der Waals surface area contributed by atoms with Crippen LogP contribution in [0.4, 0.5) is 0 Å². The van der Waals surface area contributed by atoms with Crippen LogP contribution in [0.3, 0.4) is 0 Å². The molecule has 4 nitrogen and oxygen atoms in total. The van der Waals surface area contributed by atoms with Crippen molar-refractivity contribution in [1.29, 1.82) is 0 Å². The van der Waals surface area contributed by atoms with Gasteiger partial charge in [-0.05, 0) is 25.2 Å². The number of nitrogens with one attached hydrogen (secondary N) is 1. The molecule has 0 aliphatic carbocycles. The van der Waals surface area contributed by atoms with Crippen molar-refractivity contribution in [3.8, 4) is 0 Å². The Kier molecular flexibility index (Phi) is 41.2. The van der Waals surface area contributed by atoms with Crippen molar-refractivity contribution in [3.63, 3.8) is 0 Å². The molecule has 3 N–H and O–H groups in total. The van der Waals surface area contributed by atoms with Crippen LogP contribution in [0.5, 0.6) is 0 Å². The zero-order valence-corrected chi connectivity index (χ0v) is 35.1. The van der Waals surface area contributed by atoms with E-state index in [2.05, 4.69) is 26.1 Å². The first-order valence-corrected chi connectivity index (χ1v) is 23.3. The Hall–Kier alpha value is -0.870. The van der Waals surface area contributed by atoms with Crippen LogP contribution in [0.25, 0.3) is 0 Å². The molecule has 304 valence electrons. The SMILES string of the molecule is CCCCCCCCCCCCCCCCCCCCCC(=O)N[C@@H](CO)[C@H](O)/C=C/CCCCCCCCCCCCCCCCCC(C)C. The van der Waals surface area contributed by atoms with Gasteiger partial charge in [-0.15, -0.1) is 0 Å². The summed E-state index contributed by atoms with van der Waals surface area (Å²) in [6.07, 6.45) is 51.8. The van der Waals surface area contributed by atoms with E-state index in [4.69, 9.17) is 0 Å². The molecule has 0 aromatic carbocycles. The van der Waals surface area contributed by atoms with Gasteiger partial charge in [-0.2, -0.15) is 0 Å². The van der Waals surface area contributed by atoms with E-state index in [1.807, 2.05) is 6.08 Å². The summed E-state index contributed by atoms with van der Waals surface area (Å²) in [6, 6.07) is -0.617. The molecule has 0 rings (SSSR count). The molecule has 1 amide bonds. The predicted octanol–water partition coefficient (Wildman–Crippen LogP) is 14.5. The number of allylic oxidation sites excluding steroid dienone is 1. The Labute approximate surface area is 320 Å². The van der Waals surface area contributed by atoms with E-state index in [9.17, 15) is 15.0 Å². The summed E-state index contributed by atoms with van der Waals surface area (Å²) in [5, 5.41) is 23.1. The standard InChI is InChI=1S/C47H93NO3/c1-4-5-6-7-8-9-10-11-12-13-14-18-21-24-27-30-33-36-39-42-47(51)48-45(43-49)46(50)41-38-35-32-29-26-23-20-17-15-16-19-22-25-28-31-34-37-40-44(2)3/h38,41,44-46,49-50H,4-37,39-40,42-43H2,1-3H3,(H,48,51)/b41-38+/t45-,46+/m0/s1. The highest BCUT2D eigenvalue weighted by Crippen LogP contribution is 2.17. The van der Waals surface area contributed by atoms with Gasteiger partial charge in [0.15, 0.2) is 0 Å². The largest absolute Gasteiger partial charge is 0.394 e. The van der Waals surface area contributed by atoms with Gasteiger partial charge in [-0.1, -0.05) is 245 Å². The number of hydrogen-bond donors (Lipinski definition) is 3. The Morgan fingerprint density at radius 2 is 0.843 bits per heavy atom. The zero-order valence-electron chi connectivity index (χ0n) is 35.1. The highest BCUT2D eigenvalue weighted by atomic mass is 16.3. The van der Waals surface area contributed by atoms with Crippen LogP contribution in [0.15, 0.2) is 12.2 Å².